The van der Waals surface area contributed by atoms with E-state index in [1.54, 1.807) is 10.4 Å². The van der Waals surface area contributed by atoms with Crippen LogP contribution < -0.4 is 5.32 Å². The van der Waals surface area contributed by atoms with Gasteiger partial charge in [-0.2, -0.15) is 4.31 Å². The molecule has 2 atom stereocenters. The molecule has 1 aliphatic heterocycles. The molecule has 0 spiro atoms. The van der Waals surface area contributed by atoms with E-state index in [0.29, 0.717) is 29.3 Å². The highest BCUT2D eigenvalue weighted by molar-refractivity contribution is 7.91. The Morgan fingerprint density at radius 1 is 1.38 bits per heavy atom. The van der Waals surface area contributed by atoms with Gasteiger partial charge in [0.25, 0.3) is 10.0 Å². The van der Waals surface area contributed by atoms with Crippen molar-refractivity contribution in [1.29, 1.82) is 0 Å². The normalized spacial score (nSPS) is 24.0. The molecule has 1 saturated heterocycles. The van der Waals surface area contributed by atoms with Crippen LogP contribution in [0.3, 0.4) is 0 Å². The second kappa shape index (κ2) is 6.75. The Hall–Kier alpha value is -0.470. The summed E-state index contributed by atoms with van der Waals surface area (Å²) in [5.74, 6) is 0.360. The minimum atomic E-state index is -3.34. The Morgan fingerprint density at radius 3 is 2.67 bits per heavy atom. The average Bonchev–Trinajstić information content (AvgIpc) is 3.03. The number of rotatable bonds is 6. The van der Waals surface area contributed by atoms with E-state index < -0.39 is 10.0 Å². The second-order valence-electron chi connectivity index (χ2n) is 5.90. The molecule has 1 fully saturated rings. The molecular formula is C14H25N3O2S2. The van der Waals surface area contributed by atoms with Gasteiger partial charge >= 0.3 is 0 Å². The standard InChI is InChI=1S/C14H25N3O2S2/c1-11-9-17(10-13(11)16(3)4)21(18,19)14-6-5-12(20-14)7-8-15-2/h5-6,11,13,15H,7-10H2,1-4H3. The Morgan fingerprint density at radius 2 is 2.10 bits per heavy atom. The van der Waals surface area contributed by atoms with E-state index in [2.05, 4.69) is 17.1 Å². The average molecular weight is 332 g/mol. The lowest BCUT2D eigenvalue weighted by Crippen LogP contribution is -2.35. The predicted octanol–water partition coefficient (Wildman–Crippen LogP) is 1.08. The van der Waals surface area contributed by atoms with E-state index in [1.165, 1.54) is 11.3 Å². The molecular weight excluding hydrogens is 306 g/mol. The molecule has 0 aromatic carbocycles. The Kier molecular flexibility index (Phi) is 5.43. The predicted molar refractivity (Wildman–Crippen MR) is 87.3 cm³/mol. The quantitative estimate of drug-likeness (QED) is 0.847. The Bertz CT molecular complexity index is 569. The summed E-state index contributed by atoms with van der Waals surface area (Å²) in [5.41, 5.74) is 0. The largest absolute Gasteiger partial charge is 0.319 e. The molecule has 1 aromatic heterocycles. The van der Waals surface area contributed by atoms with Crippen LogP contribution in [0.25, 0.3) is 0 Å². The first-order valence-corrected chi connectivity index (χ1v) is 9.51. The van der Waals surface area contributed by atoms with Crippen molar-refractivity contribution in [2.45, 2.75) is 23.6 Å². The van der Waals surface area contributed by atoms with Gasteiger partial charge in [-0.1, -0.05) is 6.92 Å². The van der Waals surface area contributed by atoms with Crippen LogP contribution in [0.1, 0.15) is 11.8 Å². The third kappa shape index (κ3) is 3.65. The van der Waals surface area contributed by atoms with Gasteiger partial charge in [-0.15, -0.1) is 11.3 Å². The van der Waals surface area contributed by atoms with Crippen molar-refractivity contribution in [3.8, 4) is 0 Å². The zero-order valence-electron chi connectivity index (χ0n) is 13.2. The molecule has 1 aromatic rings. The maximum Gasteiger partial charge on any atom is 0.252 e. The van der Waals surface area contributed by atoms with Gasteiger partial charge in [0.15, 0.2) is 0 Å². The number of nitrogens with zero attached hydrogens (tertiary/aromatic N) is 2. The highest BCUT2D eigenvalue weighted by Crippen LogP contribution is 2.30. The van der Waals surface area contributed by atoms with Crippen LogP contribution in [0.2, 0.25) is 0 Å². The molecule has 2 unspecified atom stereocenters. The van der Waals surface area contributed by atoms with Crippen molar-refractivity contribution < 1.29 is 8.42 Å². The maximum absolute atomic E-state index is 12.7. The molecule has 1 N–H and O–H groups in total. The van der Waals surface area contributed by atoms with Gasteiger partial charge in [-0.05, 0) is 52.2 Å². The summed E-state index contributed by atoms with van der Waals surface area (Å²) in [6, 6.07) is 3.97. The van der Waals surface area contributed by atoms with Crippen molar-refractivity contribution in [2.75, 3.05) is 40.8 Å². The van der Waals surface area contributed by atoms with Crippen molar-refractivity contribution in [3.63, 3.8) is 0 Å². The fourth-order valence-electron chi connectivity index (χ4n) is 2.78. The van der Waals surface area contributed by atoms with Crippen LogP contribution in [0, 0.1) is 5.92 Å². The van der Waals surface area contributed by atoms with Crippen LogP contribution in [0.5, 0.6) is 0 Å². The van der Waals surface area contributed by atoms with Crippen LogP contribution in [0.4, 0.5) is 0 Å². The number of likely N-dealkylation sites (N-methyl/N-ethyl adjacent to an activating group) is 2. The minimum absolute atomic E-state index is 0.295. The fourth-order valence-corrected chi connectivity index (χ4v) is 5.85. The number of sulfonamides is 1. The van der Waals surface area contributed by atoms with Gasteiger partial charge in [0.05, 0.1) is 0 Å². The zero-order valence-corrected chi connectivity index (χ0v) is 14.8. The fraction of sp³-hybridized carbons (Fsp3) is 0.714. The van der Waals surface area contributed by atoms with Gasteiger partial charge < -0.3 is 10.2 Å². The molecule has 0 aliphatic carbocycles. The van der Waals surface area contributed by atoms with Crippen LogP contribution >= 0.6 is 11.3 Å². The molecule has 0 bridgehead atoms. The van der Waals surface area contributed by atoms with Gasteiger partial charge in [0.1, 0.15) is 4.21 Å². The first-order chi connectivity index (χ1) is 9.86. The van der Waals surface area contributed by atoms with E-state index in [4.69, 9.17) is 0 Å². The summed E-state index contributed by atoms with van der Waals surface area (Å²) in [5, 5.41) is 3.08. The number of thiophene rings is 1. The maximum atomic E-state index is 12.7. The molecule has 0 radical (unpaired) electrons. The first kappa shape index (κ1) is 16.9. The van der Waals surface area contributed by atoms with Crippen molar-refractivity contribution in [2.24, 2.45) is 5.92 Å². The third-order valence-corrected chi connectivity index (χ3v) is 7.50. The summed E-state index contributed by atoms with van der Waals surface area (Å²) in [7, 11) is 2.59. The first-order valence-electron chi connectivity index (χ1n) is 7.26. The summed E-state index contributed by atoms with van der Waals surface area (Å²) in [6.45, 7) is 4.17. The summed E-state index contributed by atoms with van der Waals surface area (Å²) >= 11 is 1.39. The van der Waals surface area contributed by atoms with Gasteiger partial charge in [-0.3, -0.25) is 0 Å². The van der Waals surface area contributed by atoms with E-state index in [0.717, 1.165) is 17.8 Å². The number of hydrogen-bond donors (Lipinski definition) is 1. The molecule has 2 heterocycles. The molecule has 2 rings (SSSR count). The van der Waals surface area contributed by atoms with E-state index in [-0.39, 0.29) is 0 Å². The molecule has 0 amide bonds. The Balaban J connectivity index is 2.13. The lowest BCUT2D eigenvalue weighted by molar-refractivity contribution is 0.263. The van der Waals surface area contributed by atoms with Crippen LogP contribution in [0.15, 0.2) is 16.3 Å². The Labute approximate surface area is 132 Å². The van der Waals surface area contributed by atoms with Crippen LogP contribution in [-0.4, -0.2) is 64.4 Å². The topological polar surface area (TPSA) is 52.7 Å². The van der Waals surface area contributed by atoms with Gasteiger partial charge in [0.2, 0.25) is 0 Å². The highest BCUT2D eigenvalue weighted by atomic mass is 32.2. The minimum Gasteiger partial charge on any atom is -0.319 e. The SMILES string of the molecule is CNCCc1ccc(S(=O)(=O)N2CC(C)C(N(C)C)C2)s1. The molecule has 0 saturated carbocycles. The molecule has 21 heavy (non-hydrogen) atoms. The monoisotopic (exact) mass is 331 g/mol. The summed E-state index contributed by atoms with van der Waals surface area (Å²) < 4.78 is 27.6. The molecule has 5 nitrogen and oxygen atoms in total. The summed E-state index contributed by atoms with van der Waals surface area (Å²) in [6.07, 6.45) is 0.868. The van der Waals surface area contributed by atoms with E-state index in [9.17, 15) is 8.42 Å². The van der Waals surface area contributed by atoms with Crippen LogP contribution in [-0.2, 0) is 16.4 Å². The van der Waals surface area contributed by atoms with E-state index in [1.807, 2.05) is 27.2 Å². The summed E-state index contributed by atoms with van der Waals surface area (Å²) in [4.78, 5) is 3.23. The van der Waals surface area contributed by atoms with Crippen molar-refractivity contribution in [3.05, 3.63) is 17.0 Å². The second-order valence-corrected chi connectivity index (χ2v) is 9.24. The molecule has 120 valence electrons. The zero-order chi connectivity index (χ0) is 15.6. The lowest BCUT2D eigenvalue weighted by Gasteiger charge is -2.22. The number of hydrogen-bond acceptors (Lipinski definition) is 5. The van der Waals surface area contributed by atoms with E-state index >= 15 is 0 Å². The smallest absolute Gasteiger partial charge is 0.252 e. The van der Waals surface area contributed by atoms with Gasteiger partial charge in [0, 0.05) is 24.0 Å². The molecule has 7 heteroatoms. The highest BCUT2D eigenvalue weighted by Gasteiger charge is 2.38. The lowest BCUT2D eigenvalue weighted by atomic mass is 10.1. The third-order valence-electron chi connectivity index (χ3n) is 4.06. The molecule has 1 aliphatic rings. The van der Waals surface area contributed by atoms with Gasteiger partial charge in [-0.25, -0.2) is 8.42 Å². The van der Waals surface area contributed by atoms with Crippen molar-refractivity contribution in [1.82, 2.24) is 14.5 Å². The number of nitrogens with one attached hydrogen (secondary N) is 1. The van der Waals surface area contributed by atoms with Crippen molar-refractivity contribution >= 4 is 21.4 Å².